The second-order valence-corrected chi connectivity index (χ2v) is 3.48. The molecule has 0 aromatic carbocycles. The minimum atomic E-state index is -0.362. The molecule has 86 valence electrons. The Bertz CT molecular complexity index is 543. The number of carbonyl (C=O) groups is 2. The van der Waals surface area contributed by atoms with Crippen molar-refractivity contribution in [3.05, 3.63) is 47.5 Å². The van der Waals surface area contributed by atoms with Crippen LogP contribution in [0.4, 0.5) is 5.82 Å². The summed E-state index contributed by atoms with van der Waals surface area (Å²) in [6.45, 7) is 1.78. The zero-order valence-electron chi connectivity index (χ0n) is 9.14. The minimum absolute atomic E-state index is 0.256. The van der Waals surface area contributed by atoms with Crippen LogP contribution >= 0.6 is 0 Å². The molecule has 5 nitrogen and oxygen atoms in total. The van der Waals surface area contributed by atoms with Crippen molar-refractivity contribution in [3.8, 4) is 0 Å². The van der Waals surface area contributed by atoms with Gasteiger partial charge in [0.2, 0.25) is 0 Å². The van der Waals surface area contributed by atoms with Crippen molar-refractivity contribution in [2.24, 2.45) is 0 Å². The fourth-order valence-corrected chi connectivity index (χ4v) is 1.33. The number of nitrogens with zero attached hydrogens (tertiary/aromatic N) is 1. The summed E-state index contributed by atoms with van der Waals surface area (Å²) < 4.78 is 5.05. The number of amides is 1. The van der Waals surface area contributed by atoms with Crippen LogP contribution in [0.25, 0.3) is 0 Å². The fraction of sp³-hybridized carbons (Fsp3) is 0.0833. The van der Waals surface area contributed by atoms with Crippen LogP contribution in [-0.4, -0.2) is 17.2 Å². The smallest absolute Gasteiger partial charge is 0.292 e. The molecule has 17 heavy (non-hydrogen) atoms. The summed E-state index contributed by atoms with van der Waals surface area (Å²) in [5.41, 5.74) is 1.21. The maximum absolute atomic E-state index is 11.7. The second-order valence-electron chi connectivity index (χ2n) is 3.48. The summed E-state index contributed by atoms with van der Waals surface area (Å²) >= 11 is 0. The molecule has 1 N–H and O–H groups in total. The van der Waals surface area contributed by atoms with Gasteiger partial charge >= 0.3 is 0 Å². The minimum Gasteiger partial charge on any atom is -0.459 e. The van der Waals surface area contributed by atoms with Gasteiger partial charge in [-0.3, -0.25) is 9.59 Å². The molecule has 2 aromatic rings. The van der Waals surface area contributed by atoms with Crippen molar-refractivity contribution >= 4 is 18.0 Å². The molecule has 0 bridgehead atoms. The zero-order valence-corrected chi connectivity index (χ0v) is 9.14. The van der Waals surface area contributed by atoms with Crippen molar-refractivity contribution in [1.29, 1.82) is 0 Å². The van der Waals surface area contributed by atoms with E-state index in [0.717, 1.165) is 5.56 Å². The Hall–Kier alpha value is -2.43. The molecule has 0 aliphatic carbocycles. The fourth-order valence-electron chi connectivity index (χ4n) is 1.33. The van der Waals surface area contributed by atoms with Crippen LogP contribution in [0, 0.1) is 6.92 Å². The standard InChI is InChI=1S/C12H10N2O3/c1-8-4-5-17-11(8)12(16)14-10-3-2-9(7-15)6-13-10/h2-7H,1H3,(H,13,14,16). The normalized spacial score (nSPS) is 9.94. The lowest BCUT2D eigenvalue weighted by molar-refractivity contribution is 0.0995. The van der Waals surface area contributed by atoms with Crippen LogP contribution in [0.2, 0.25) is 0 Å². The highest BCUT2D eigenvalue weighted by atomic mass is 16.3. The molecule has 2 rings (SSSR count). The van der Waals surface area contributed by atoms with Gasteiger partial charge in [-0.25, -0.2) is 4.98 Å². The molecule has 2 aromatic heterocycles. The number of aromatic nitrogens is 1. The summed E-state index contributed by atoms with van der Waals surface area (Å²) in [5.74, 6) is 0.265. The van der Waals surface area contributed by atoms with Crippen LogP contribution in [0.15, 0.2) is 35.1 Å². The van der Waals surface area contributed by atoms with Gasteiger partial charge in [-0.15, -0.1) is 0 Å². The van der Waals surface area contributed by atoms with E-state index in [1.54, 1.807) is 25.1 Å². The summed E-state index contributed by atoms with van der Waals surface area (Å²) in [6, 6.07) is 4.84. The Labute approximate surface area is 97.5 Å². The number of carbonyl (C=O) groups excluding carboxylic acids is 2. The predicted molar refractivity (Wildman–Crippen MR) is 61.0 cm³/mol. The quantitative estimate of drug-likeness (QED) is 0.819. The van der Waals surface area contributed by atoms with Crippen LogP contribution in [0.3, 0.4) is 0 Å². The number of hydrogen-bond donors (Lipinski definition) is 1. The first-order valence-corrected chi connectivity index (χ1v) is 4.97. The van der Waals surface area contributed by atoms with Crippen molar-refractivity contribution in [2.75, 3.05) is 5.32 Å². The van der Waals surface area contributed by atoms with Gasteiger partial charge in [0.25, 0.3) is 5.91 Å². The number of aryl methyl sites for hydroxylation is 1. The predicted octanol–water partition coefficient (Wildman–Crippen LogP) is 2.05. The summed E-state index contributed by atoms with van der Waals surface area (Å²) in [7, 11) is 0. The Morgan fingerprint density at radius 3 is 2.76 bits per heavy atom. The summed E-state index contributed by atoms with van der Waals surface area (Å²) in [5, 5.41) is 2.58. The van der Waals surface area contributed by atoms with Crippen LogP contribution < -0.4 is 5.32 Å². The van der Waals surface area contributed by atoms with Gasteiger partial charge in [0.15, 0.2) is 12.0 Å². The first-order valence-electron chi connectivity index (χ1n) is 4.97. The lowest BCUT2D eigenvalue weighted by Crippen LogP contribution is -2.13. The molecule has 0 radical (unpaired) electrons. The van der Waals surface area contributed by atoms with Gasteiger partial charge in [0.05, 0.1) is 6.26 Å². The third kappa shape index (κ3) is 2.39. The molecule has 2 heterocycles. The first-order chi connectivity index (χ1) is 8.20. The molecule has 0 atom stereocenters. The molecule has 5 heteroatoms. The van der Waals surface area contributed by atoms with Gasteiger partial charge in [0.1, 0.15) is 5.82 Å². The SMILES string of the molecule is Cc1ccoc1C(=O)Nc1ccc(C=O)cn1. The number of furan rings is 1. The Morgan fingerprint density at radius 2 is 2.24 bits per heavy atom. The molecule has 0 aliphatic rings. The number of nitrogens with one attached hydrogen (secondary N) is 1. The highest BCUT2D eigenvalue weighted by molar-refractivity contribution is 6.02. The van der Waals surface area contributed by atoms with Crippen molar-refractivity contribution in [1.82, 2.24) is 4.98 Å². The molecule has 0 spiro atoms. The Morgan fingerprint density at radius 1 is 1.41 bits per heavy atom. The van der Waals surface area contributed by atoms with E-state index in [1.807, 2.05) is 0 Å². The van der Waals surface area contributed by atoms with E-state index in [2.05, 4.69) is 10.3 Å². The highest BCUT2D eigenvalue weighted by Crippen LogP contribution is 2.11. The highest BCUT2D eigenvalue weighted by Gasteiger charge is 2.12. The van der Waals surface area contributed by atoms with E-state index < -0.39 is 0 Å². The third-order valence-electron chi connectivity index (χ3n) is 2.23. The van der Waals surface area contributed by atoms with E-state index in [-0.39, 0.29) is 11.7 Å². The Balaban J connectivity index is 2.13. The van der Waals surface area contributed by atoms with Crippen molar-refractivity contribution in [3.63, 3.8) is 0 Å². The number of pyridine rings is 1. The van der Waals surface area contributed by atoms with E-state index in [9.17, 15) is 9.59 Å². The van der Waals surface area contributed by atoms with Gasteiger partial charge in [-0.05, 0) is 25.1 Å². The average molecular weight is 230 g/mol. The number of hydrogen-bond acceptors (Lipinski definition) is 4. The van der Waals surface area contributed by atoms with Crippen LogP contribution in [0.5, 0.6) is 0 Å². The molecule has 0 aliphatic heterocycles. The second kappa shape index (κ2) is 4.61. The van der Waals surface area contributed by atoms with E-state index in [1.165, 1.54) is 12.5 Å². The number of rotatable bonds is 3. The maximum Gasteiger partial charge on any atom is 0.292 e. The topological polar surface area (TPSA) is 72.2 Å². The van der Waals surface area contributed by atoms with Crippen molar-refractivity contribution < 1.29 is 14.0 Å². The van der Waals surface area contributed by atoms with Crippen LogP contribution in [0.1, 0.15) is 26.5 Å². The van der Waals surface area contributed by atoms with E-state index in [0.29, 0.717) is 17.7 Å². The largest absolute Gasteiger partial charge is 0.459 e. The van der Waals surface area contributed by atoms with Crippen LogP contribution in [-0.2, 0) is 0 Å². The van der Waals surface area contributed by atoms with E-state index in [4.69, 9.17) is 4.42 Å². The maximum atomic E-state index is 11.7. The summed E-state index contributed by atoms with van der Waals surface area (Å²) in [6.07, 6.45) is 3.53. The molecule has 1 amide bonds. The number of anilines is 1. The van der Waals surface area contributed by atoms with Crippen molar-refractivity contribution in [2.45, 2.75) is 6.92 Å². The average Bonchev–Trinajstić information content (AvgIpc) is 2.76. The van der Waals surface area contributed by atoms with Gasteiger partial charge in [-0.2, -0.15) is 0 Å². The molecule has 0 unspecified atom stereocenters. The van der Waals surface area contributed by atoms with Gasteiger partial charge in [0, 0.05) is 17.3 Å². The lowest BCUT2D eigenvalue weighted by atomic mass is 10.2. The molecule has 0 fully saturated rings. The molecular weight excluding hydrogens is 220 g/mol. The van der Waals surface area contributed by atoms with Gasteiger partial charge in [-0.1, -0.05) is 0 Å². The van der Waals surface area contributed by atoms with Gasteiger partial charge < -0.3 is 9.73 Å². The molecular formula is C12H10N2O3. The zero-order chi connectivity index (χ0) is 12.3. The van der Waals surface area contributed by atoms with E-state index >= 15 is 0 Å². The number of aldehydes is 1. The Kier molecular flexibility index (Phi) is 3.00. The summed E-state index contributed by atoms with van der Waals surface area (Å²) in [4.78, 5) is 26.1. The molecule has 0 saturated carbocycles. The monoisotopic (exact) mass is 230 g/mol. The third-order valence-corrected chi connectivity index (χ3v) is 2.23. The first kappa shape index (κ1) is 11.1. The molecule has 0 saturated heterocycles. The lowest BCUT2D eigenvalue weighted by Gasteiger charge is -2.02.